The Kier molecular flexibility index (Phi) is 5.60. The molecule has 0 atom stereocenters. The van der Waals surface area contributed by atoms with Crippen LogP contribution in [0, 0.1) is 0 Å². The topological polar surface area (TPSA) is 0 Å². The lowest BCUT2D eigenvalue weighted by molar-refractivity contribution is 0.569. The van der Waals surface area contributed by atoms with Crippen LogP contribution < -0.4 is 0 Å². The van der Waals surface area contributed by atoms with Gasteiger partial charge in [0.15, 0.2) is 0 Å². The van der Waals surface area contributed by atoms with Gasteiger partial charge in [0.2, 0.25) is 0 Å². The van der Waals surface area contributed by atoms with Crippen molar-refractivity contribution in [3.63, 3.8) is 0 Å². The van der Waals surface area contributed by atoms with Crippen LogP contribution in [-0.4, -0.2) is 0 Å². The van der Waals surface area contributed by atoms with E-state index in [0.29, 0.717) is 0 Å². The molecule has 0 saturated carbocycles. The molecular weight excluding hydrogens is 288 g/mol. The smallest absolute Gasteiger partial charge is 0.0273 e. The minimum absolute atomic E-state index is 1.39. The molecule has 0 unspecified atom stereocenters. The molecule has 3 aliphatic carbocycles. The van der Waals surface area contributed by atoms with Gasteiger partial charge in [-0.1, -0.05) is 38.5 Å². The molecular formula is C24H36. The lowest BCUT2D eigenvalue weighted by Crippen LogP contribution is -2.17. The first-order chi connectivity index (χ1) is 11.9. The van der Waals surface area contributed by atoms with Crippen LogP contribution in [0.4, 0.5) is 0 Å². The third-order valence-electron chi connectivity index (χ3n) is 7.00. The first kappa shape index (κ1) is 16.7. The molecule has 0 radical (unpaired) electrons. The summed E-state index contributed by atoms with van der Waals surface area (Å²) >= 11 is 0. The molecule has 0 aliphatic heterocycles. The second kappa shape index (κ2) is 8.07. The Bertz CT molecular complexity index is 414. The molecule has 0 amide bonds. The monoisotopic (exact) mass is 324 g/mol. The van der Waals surface area contributed by atoms with Gasteiger partial charge in [-0.2, -0.15) is 0 Å². The van der Waals surface area contributed by atoms with E-state index in [2.05, 4.69) is 0 Å². The highest BCUT2D eigenvalue weighted by atomic mass is 14.3. The molecule has 4 rings (SSSR count). The Labute approximate surface area is 149 Å². The summed E-state index contributed by atoms with van der Waals surface area (Å²) in [6.07, 6.45) is 25.8. The van der Waals surface area contributed by atoms with Gasteiger partial charge in [-0.25, -0.2) is 0 Å². The highest BCUT2D eigenvalue weighted by Gasteiger charge is 2.24. The van der Waals surface area contributed by atoms with Crippen molar-refractivity contribution < 1.29 is 0 Å². The van der Waals surface area contributed by atoms with Crippen molar-refractivity contribution in [2.24, 2.45) is 0 Å². The van der Waals surface area contributed by atoms with Crippen LogP contribution in [0.15, 0.2) is 0 Å². The molecule has 3 aliphatic rings. The van der Waals surface area contributed by atoms with E-state index in [4.69, 9.17) is 0 Å². The zero-order chi connectivity index (χ0) is 16.2. The molecule has 1 aromatic rings. The Hall–Kier alpha value is -0.780. The Balaban J connectivity index is 1.87. The Morgan fingerprint density at radius 2 is 0.375 bits per heavy atom. The van der Waals surface area contributed by atoms with Crippen LogP contribution in [0.25, 0.3) is 0 Å². The molecule has 0 spiro atoms. The zero-order valence-electron chi connectivity index (χ0n) is 15.7. The summed E-state index contributed by atoms with van der Waals surface area (Å²) < 4.78 is 0. The summed E-state index contributed by atoms with van der Waals surface area (Å²) in [5, 5.41) is 0. The summed E-state index contributed by atoms with van der Waals surface area (Å²) in [6.45, 7) is 0. The Morgan fingerprint density at radius 3 is 0.542 bits per heavy atom. The summed E-state index contributed by atoms with van der Waals surface area (Å²) in [5.41, 5.74) is 11.2. The lowest BCUT2D eigenvalue weighted by atomic mass is 9.75. The van der Waals surface area contributed by atoms with Crippen LogP contribution >= 0.6 is 0 Å². The van der Waals surface area contributed by atoms with E-state index < -0.39 is 0 Å². The van der Waals surface area contributed by atoms with E-state index in [9.17, 15) is 0 Å². The third kappa shape index (κ3) is 3.44. The molecule has 0 fully saturated rings. The van der Waals surface area contributed by atoms with Gasteiger partial charge >= 0.3 is 0 Å². The number of rotatable bonds is 0. The molecule has 132 valence electrons. The van der Waals surface area contributed by atoms with Gasteiger partial charge in [0, 0.05) is 0 Å². The van der Waals surface area contributed by atoms with E-state index in [-0.39, 0.29) is 0 Å². The largest absolute Gasteiger partial charge is 0.0530 e. The molecule has 0 aromatic heterocycles. The van der Waals surface area contributed by atoms with Crippen LogP contribution in [0.3, 0.4) is 0 Å². The van der Waals surface area contributed by atoms with Gasteiger partial charge < -0.3 is 0 Å². The van der Waals surface area contributed by atoms with Crippen molar-refractivity contribution in [3.05, 3.63) is 33.4 Å². The maximum absolute atomic E-state index is 1.87. The SMILES string of the molecule is C1CCCc2c(c3c(c4c2CCCCCC4)CCCCCC3)CC1. The number of hydrogen-bond acceptors (Lipinski definition) is 0. The fraction of sp³-hybridized carbons (Fsp3) is 0.750. The van der Waals surface area contributed by atoms with Gasteiger partial charge in [-0.3, -0.25) is 0 Å². The van der Waals surface area contributed by atoms with Gasteiger partial charge in [0.1, 0.15) is 0 Å². The summed E-state index contributed by atoms with van der Waals surface area (Å²) in [5.74, 6) is 0. The van der Waals surface area contributed by atoms with Gasteiger partial charge in [0.05, 0.1) is 0 Å². The first-order valence-electron chi connectivity index (χ1n) is 11.1. The summed E-state index contributed by atoms with van der Waals surface area (Å²) in [7, 11) is 0. The third-order valence-corrected chi connectivity index (χ3v) is 7.00. The molecule has 24 heavy (non-hydrogen) atoms. The van der Waals surface area contributed by atoms with E-state index in [1.165, 1.54) is 116 Å². The number of hydrogen-bond donors (Lipinski definition) is 0. The maximum atomic E-state index is 1.87. The fourth-order valence-electron chi connectivity index (χ4n) is 5.77. The summed E-state index contributed by atoms with van der Waals surface area (Å²) in [6, 6.07) is 0. The molecule has 0 heterocycles. The minimum atomic E-state index is 1.39. The average molecular weight is 325 g/mol. The molecule has 0 heteroatoms. The van der Waals surface area contributed by atoms with E-state index in [0.717, 1.165) is 0 Å². The van der Waals surface area contributed by atoms with Crippen molar-refractivity contribution >= 4 is 0 Å². The maximum Gasteiger partial charge on any atom is -0.0273 e. The predicted octanol–water partition coefficient (Wildman–Crippen LogP) is 6.66. The van der Waals surface area contributed by atoms with E-state index in [1.54, 1.807) is 0 Å². The number of fused-ring (bicyclic) bond motifs is 6. The number of benzene rings is 1. The second-order valence-corrected chi connectivity index (χ2v) is 8.61. The van der Waals surface area contributed by atoms with Gasteiger partial charge in [-0.15, -0.1) is 0 Å². The average Bonchev–Trinajstić information content (AvgIpc) is 2.50. The van der Waals surface area contributed by atoms with Crippen LogP contribution in [-0.2, 0) is 38.5 Å². The van der Waals surface area contributed by atoms with Crippen molar-refractivity contribution in [3.8, 4) is 0 Å². The standard InChI is InChI=1S/C24H36/c1-2-8-14-20-19(13-7-1)21-15-9-3-4-11-17-23(21)24-18-12-6-5-10-16-22(20)24/h1-18H2. The quantitative estimate of drug-likeness (QED) is 0.500. The van der Waals surface area contributed by atoms with Crippen LogP contribution in [0.5, 0.6) is 0 Å². The van der Waals surface area contributed by atoms with E-state index >= 15 is 0 Å². The minimum Gasteiger partial charge on any atom is -0.0530 e. The van der Waals surface area contributed by atoms with Gasteiger partial charge in [0.25, 0.3) is 0 Å². The molecule has 0 N–H and O–H groups in total. The van der Waals surface area contributed by atoms with Crippen molar-refractivity contribution in [1.82, 2.24) is 0 Å². The van der Waals surface area contributed by atoms with E-state index in [1.807, 2.05) is 33.4 Å². The predicted molar refractivity (Wildman–Crippen MR) is 104 cm³/mol. The highest BCUT2D eigenvalue weighted by Crippen LogP contribution is 2.38. The molecule has 0 nitrogen and oxygen atoms in total. The normalized spacial score (nSPS) is 22.5. The van der Waals surface area contributed by atoms with Crippen molar-refractivity contribution in [2.75, 3.05) is 0 Å². The molecule has 0 bridgehead atoms. The zero-order valence-corrected chi connectivity index (χ0v) is 15.7. The first-order valence-corrected chi connectivity index (χ1v) is 11.1. The summed E-state index contributed by atoms with van der Waals surface area (Å²) in [4.78, 5) is 0. The molecule has 0 saturated heterocycles. The second-order valence-electron chi connectivity index (χ2n) is 8.61. The van der Waals surface area contributed by atoms with Crippen LogP contribution in [0.2, 0.25) is 0 Å². The fourth-order valence-corrected chi connectivity index (χ4v) is 5.77. The lowest BCUT2D eigenvalue weighted by Gasteiger charge is -2.30. The molecule has 1 aromatic carbocycles. The van der Waals surface area contributed by atoms with Gasteiger partial charge in [-0.05, 0) is 110 Å². The highest BCUT2D eigenvalue weighted by molar-refractivity contribution is 5.53. The van der Waals surface area contributed by atoms with Crippen LogP contribution in [0.1, 0.15) is 110 Å². The van der Waals surface area contributed by atoms with Crippen molar-refractivity contribution in [1.29, 1.82) is 0 Å². The Morgan fingerprint density at radius 1 is 0.208 bits per heavy atom. The van der Waals surface area contributed by atoms with Crippen molar-refractivity contribution in [2.45, 2.75) is 116 Å².